The molecule has 0 aliphatic carbocycles. The molecular weight excluding hydrogens is 318 g/mol. The fraction of sp³-hybridized carbons (Fsp3) is 0.571. The summed E-state index contributed by atoms with van der Waals surface area (Å²) in [5, 5.41) is 2.80. The molecule has 0 spiro atoms. The Hall–Kier alpha value is -1.71. The van der Waals surface area contributed by atoms with Gasteiger partial charge in [0.25, 0.3) is 10.2 Å². The lowest BCUT2D eigenvalue weighted by molar-refractivity contribution is 0.183. The number of aromatic nitrogens is 1. The molecule has 128 valence electrons. The lowest BCUT2D eigenvalue weighted by Crippen LogP contribution is -2.54. The van der Waals surface area contributed by atoms with Crippen LogP contribution < -0.4 is 10.0 Å². The molecular formula is C14H23N5O3S. The number of piperazine rings is 1. The van der Waals surface area contributed by atoms with E-state index in [1.54, 1.807) is 37.1 Å². The third-order valence-corrected chi connectivity index (χ3v) is 5.21. The van der Waals surface area contributed by atoms with E-state index in [0.29, 0.717) is 18.8 Å². The minimum Gasteiger partial charge on any atom is -0.322 e. The molecule has 1 saturated heterocycles. The van der Waals surface area contributed by atoms with Crippen LogP contribution in [0.1, 0.15) is 19.5 Å². The number of rotatable bonds is 4. The maximum Gasteiger partial charge on any atom is 0.321 e. The fourth-order valence-corrected chi connectivity index (χ4v) is 3.72. The van der Waals surface area contributed by atoms with Crippen LogP contribution in [0, 0.1) is 6.92 Å². The second-order valence-corrected chi connectivity index (χ2v) is 7.48. The van der Waals surface area contributed by atoms with E-state index in [-0.39, 0.29) is 25.2 Å². The van der Waals surface area contributed by atoms with Gasteiger partial charge in [0.05, 0.1) is 0 Å². The van der Waals surface area contributed by atoms with Crippen LogP contribution in [-0.4, -0.2) is 60.9 Å². The number of hydrogen-bond acceptors (Lipinski definition) is 4. The van der Waals surface area contributed by atoms with Crippen molar-refractivity contribution in [2.24, 2.45) is 0 Å². The van der Waals surface area contributed by atoms with E-state index in [1.807, 2.05) is 6.92 Å². The normalized spacial score (nSPS) is 16.6. The number of urea groups is 1. The van der Waals surface area contributed by atoms with E-state index in [2.05, 4.69) is 15.0 Å². The van der Waals surface area contributed by atoms with Gasteiger partial charge in [-0.15, -0.1) is 0 Å². The molecule has 0 radical (unpaired) electrons. The zero-order valence-corrected chi connectivity index (χ0v) is 14.4. The van der Waals surface area contributed by atoms with Crippen molar-refractivity contribution in [2.45, 2.75) is 26.8 Å². The summed E-state index contributed by atoms with van der Waals surface area (Å²) in [7, 11) is -3.48. The summed E-state index contributed by atoms with van der Waals surface area (Å²) in [5.74, 6) is 0. The molecule has 1 aromatic heterocycles. The topological polar surface area (TPSA) is 94.6 Å². The Kier molecular flexibility index (Phi) is 5.55. The van der Waals surface area contributed by atoms with Crippen LogP contribution >= 0.6 is 0 Å². The average molecular weight is 341 g/mol. The van der Waals surface area contributed by atoms with Crippen molar-refractivity contribution in [2.75, 3.05) is 31.5 Å². The lowest BCUT2D eigenvalue weighted by atomic mass is 10.3. The van der Waals surface area contributed by atoms with E-state index in [9.17, 15) is 13.2 Å². The number of anilines is 1. The highest BCUT2D eigenvalue weighted by Gasteiger charge is 2.29. The molecule has 1 aromatic rings. The molecule has 2 N–H and O–H groups in total. The molecule has 2 amide bonds. The van der Waals surface area contributed by atoms with Crippen molar-refractivity contribution in [3.63, 3.8) is 0 Å². The minimum absolute atomic E-state index is 0.156. The highest BCUT2D eigenvalue weighted by Crippen LogP contribution is 2.11. The predicted octanol–water partition coefficient (Wildman–Crippen LogP) is 0.782. The summed E-state index contributed by atoms with van der Waals surface area (Å²) in [5.41, 5.74) is 1.50. The first-order valence-corrected chi connectivity index (χ1v) is 8.98. The van der Waals surface area contributed by atoms with E-state index in [0.717, 1.165) is 5.69 Å². The van der Waals surface area contributed by atoms with Gasteiger partial charge in [-0.25, -0.2) is 4.79 Å². The van der Waals surface area contributed by atoms with Gasteiger partial charge in [-0.05, 0) is 32.9 Å². The number of aryl methyl sites for hydroxylation is 1. The third kappa shape index (κ3) is 4.88. The number of nitrogens with one attached hydrogen (secondary N) is 2. The summed E-state index contributed by atoms with van der Waals surface area (Å²) in [6, 6.07) is 3.12. The number of nitrogens with zero attached hydrogens (tertiary/aromatic N) is 3. The highest BCUT2D eigenvalue weighted by atomic mass is 32.2. The highest BCUT2D eigenvalue weighted by molar-refractivity contribution is 7.87. The summed E-state index contributed by atoms with van der Waals surface area (Å²) in [4.78, 5) is 17.9. The first kappa shape index (κ1) is 17.6. The first-order chi connectivity index (χ1) is 10.8. The number of pyridine rings is 1. The molecule has 1 fully saturated rings. The zero-order valence-electron chi connectivity index (χ0n) is 13.6. The van der Waals surface area contributed by atoms with Gasteiger partial charge in [-0.3, -0.25) is 4.98 Å². The largest absolute Gasteiger partial charge is 0.322 e. The monoisotopic (exact) mass is 341 g/mol. The third-order valence-electron chi connectivity index (χ3n) is 3.40. The molecule has 9 heteroatoms. The Bertz CT molecular complexity index is 654. The Balaban J connectivity index is 1.90. The smallest absolute Gasteiger partial charge is 0.321 e. The van der Waals surface area contributed by atoms with Crippen molar-refractivity contribution in [1.82, 2.24) is 18.9 Å². The molecule has 0 aromatic carbocycles. The van der Waals surface area contributed by atoms with Gasteiger partial charge >= 0.3 is 6.03 Å². The van der Waals surface area contributed by atoms with E-state index in [4.69, 9.17) is 0 Å². The van der Waals surface area contributed by atoms with E-state index < -0.39 is 10.2 Å². The minimum atomic E-state index is -3.48. The molecule has 1 aliphatic rings. The maximum absolute atomic E-state index is 12.2. The van der Waals surface area contributed by atoms with Gasteiger partial charge in [0.2, 0.25) is 0 Å². The standard InChI is InChI=1S/C14H23N5O3S/c1-11(2)17-23(21,22)19-8-6-18(7-9-19)14(20)16-13-4-5-15-12(3)10-13/h4-5,10-11,17H,6-9H2,1-3H3,(H,15,16,20). The second kappa shape index (κ2) is 7.24. The maximum atomic E-state index is 12.2. The first-order valence-electron chi connectivity index (χ1n) is 7.54. The number of carbonyl (C=O) groups is 1. The lowest BCUT2D eigenvalue weighted by Gasteiger charge is -2.34. The van der Waals surface area contributed by atoms with Gasteiger partial charge in [-0.2, -0.15) is 17.4 Å². The Morgan fingerprint density at radius 2 is 1.91 bits per heavy atom. The van der Waals surface area contributed by atoms with Gasteiger partial charge in [0.15, 0.2) is 0 Å². The van der Waals surface area contributed by atoms with Crippen LogP contribution in [-0.2, 0) is 10.2 Å². The van der Waals surface area contributed by atoms with Crippen molar-refractivity contribution in [3.8, 4) is 0 Å². The van der Waals surface area contributed by atoms with E-state index >= 15 is 0 Å². The summed E-state index contributed by atoms with van der Waals surface area (Å²) in [6.45, 7) is 6.68. The van der Waals surface area contributed by atoms with Gasteiger partial charge in [0.1, 0.15) is 0 Å². The van der Waals surface area contributed by atoms with Gasteiger partial charge < -0.3 is 10.2 Å². The van der Waals surface area contributed by atoms with Crippen LogP contribution in [0.15, 0.2) is 18.3 Å². The summed E-state index contributed by atoms with van der Waals surface area (Å²) >= 11 is 0. The molecule has 2 rings (SSSR count). The van der Waals surface area contributed by atoms with E-state index in [1.165, 1.54) is 4.31 Å². The van der Waals surface area contributed by atoms with Crippen molar-refractivity contribution in [1.29, 1.82) is 0 Å². The SMILES string of the molecule is Cc1cc(NC(=O)N2CCN(S(=O)(=O)NC(C)C)CC2)ccn1. The Morgan fingerprint density at radius 1 is 1.26 bits per heavy atom. The number of hydrogen-bond donors (Lipinski definition) is 2. The van der Waals surface area contributed by atoms with Crippen LogP contribution in [0.4, 0.5) is 10.5 Å². The van der Waals surface area contributed by atoms with Crippen LogP contribution in [0.5, 0.6) is 0 Å². The van der Waals surface area contributed by atoms with Gasteiger partial charge in [-0.1, -0.05) is 0 Å². The summed E-state index contributed by atoms with van der Waals surface area (Å²) in [6.07, 6.45) is 1.63. The Labute approximate surface area is 137 Å². The van der Waals surface area contributed by atoms with Crippen molar-refractivity contribution in [3.05, 3.63) is 24.0 Å². The Morgan fingerprint density at radius 3 is 2.48 bits per heavy atom. The molecule has 0 unspecified atom stereocenters. The van der Waals surface area contributed by atoms with Gasteiger partial charge in [0, 0.05) is 49.8 Å². The quantitative estimate of drug-likeness (QED) is 0.846. The molecule has 0 saturated carbocycles. The predicted molar refractivity (Wildman–Crippen MR) is 88.3 cm³/mol. The summed E-state index contributed by atoms with van der Waals surface area (Å²) < 4.78 is 28.1. The molecule has 0 bridgehead atoms. The molecule has 0 atom stereocenters. The zero-order chi connectivity index (χ0) is 17.0. The van der Waals surface area contributed by atoms with Crippen molar-refractivity contribution < 1.29 is 13.2 Å². The molecule has 1 aliphatic heterocycles. The fourth-order valence-electron chi connectivity index (χ4n) is 2.33. The number of carbonyl (C=O) groups excluding carboxylic acids is 1. The van der Waals surface area contributed by atoms with Crippen LogP contribution in [0.25, 0.3) is 0 Å². The second-order valence-electron chi connectivity index (χ2n) is 5.78. The average Bonchev–Trinajstić information content (AvgIpc) is 2.46. The molecule has 8 nitrogen and oxygen atoms in total. The van der Waals surface area contributed by atoms with Crippen molar-refractivity contribution >= 4 is 21.9 Å². The molecule has 23 heavy (non-hydrogen) atoms. The number of amides is 2. The van der Waals surface area contributed by atoms with Crippen LogP contribution in [0.3, 0.4) is 0 Å². The molecule has 2 heterocycles. The van der Waals surface area contributed by atoms with Crippen LogP contribution in [0.2, 0.25) is 0 Å².